The second-order valence-electron chi connectivity index (χ2n) is 4.49. The Bertz CT molecular complexity index is 469. The maximum Gasteiger partial charge on any atom is 0.254 e. The largest absolute Gasteiger partial charge is 0.396 e. The van der Waals surface area contributed by atoms with Gasteiger partial charge in [-0.3, -0.25) is 4.79 Å². The number of rotatable bonds is 3. The number of methoxy groups -OCH3 is 2. The average molecular weight is 268 g/mol. The molecule has 0 radical (unpaired) electrons. The SMILES string of the molecule is COC1CN(C(=O)c2ccc(N)c(F)c2)CC1OC. The second kappa shape index (κ2) is 5.54. The predicted molar refractivity (Wildman–Crippen MR) is 68.3 cm³/mol. The highest BCUT2D eigenvalue weighted by Gasteiger charge is 2.35. The van der Waals surface area contributed by atoms with Gasteiger partial charge in [-0.05, 0) is 18.2 Å². The number of halogens is 1. The van der Waals surface area contributed by atoms with Crippen molar-refractivity contribution in [1.82, 2.24) is 4.90 Å². The Morgan fingerprint density at radius 2 is 1.89 bits per heavy atom. The molecule has 1 fully saturated rings. The Morgan fingerprint density at radius 3 is 2.37 bits per heavy atom. The quantitative estimate of drug-likeness (QED) is 0.827. The van der Waals surface area contributed by atoms with Crippen molar-refractivity contribution in [1.29, 1.82) is 0 Å². The minimum Gasteiger partial charge on any atom is -0.396 e. The van der Waals surface area contributed by atoms with Gasteiger partial charge >= 0.3 is 0 Å². The van der Waals surface area contributed by atoms with Crippen LogP contribution < -0.4 is 5.73 Å². The third-order valence-electron chi connectivity index (χ3n) is 3.36. The van der Waals surface area contributed by atoms with Crippen molar-refractivity contribution < 1.29 is 18.7 Å². The van der Waals surface area contributed by atoms with Gasteiger partial charge in [-0.15, -0.1) is 0 Å². The van der Waals surface area contributed by atoms with Crippen molar-refractivity contribution in [3.05, 3.63) is 29.6 Å². The van der Waals surface area contributed by atoms with E-state index in [0.29, 0.717) is 13.1 Å². The molecule has 5 nitrogen and oxygen atoms in total. The lowest BCUT2D eigenvalue weighted by Crippen LogP contribution is -2.30. The molecular weight excluding hydrogens is 251 g/mol. The first-order valence-electron chi connectivity index (χ1n) is 5.96. The van der Waals surface area contributed by atoms with Crippen molar-refractivity contribution in [3.8, 4) is 0 Å². The number of hydrogen-bond donors (Lipinski definition) is 1. The van der Waals surface area contributed by atoms with Crippen LogP contribution in [0.15, 0.2) is 18.2 Å². The molecule has 0 aromatic heterocycles. The van der Waals surface area contributed by atoms with Crippen molar-refractivity contribution in [2.24, 2.45) is 0 Å². The van der Waals surface area contributed by atoms with Crippen LogP contribution in [0.1, 0.15) is 10.4 Å². The van der Waals surface area contributed by atoms with E-state index in [-0.39, 0.29) is 29.4 Å². The molecule has 2 atom stereocenters. The van der Waals surface area contributed by atoms with Crippen LogP contribution in [0.5, 0.6) is 0 Å². The first-order valence-corrected chi connectivity index (χ1v) is 5.96. The molecule has 1 aromatic rings. The van der Waals surface area contributed by atoms with E-state index in [9.17, 15) is 9.18 Å². The molecule has 1 aromatic carbocycles. The molecule has 1 aliphatic heterocycles. The summed E-state index contributed by atoms with van der Waals surface area (Å²) >= 11 is 0. The van der Waals surface area contributed by atoms with Gasteiger partial charge in [0.15, 0.2) is 0 Å². The number of nitrogens with zero attached hydrogens (tertiary/aromatic N) is 1. The highest BCUT2D eigenvalue weighted by Crippen LogP contribution is 2.20. The molecule has 1 amide bonds. The zero-order valence-electron chi connectivity index (χ0n) is 10.9. The maximum absolute atomic E-state index is 13.4. The van der Waals surface area contributed by atoms with Gasteiger partial charge in [0, 0.05) is 32.9 Å². The number of ether oxygens (including phenoxy) is 2. The molecule has 6 heteroatoms. The lowest BCUT2D eigenvalue weighted by molar-refractivity contribution is -0.00461. The van der Waals surface area contributed by atoms with E-state index in [0.717, 1.165) is 6.07 Å². The van der Waals surface area contributed by atoms with Gasteiger partial charge in [0.25, 0.3) is 5.91 Å². The van der Waals surface area contributed by atoms with E-state index >= 15 is 0 Å². The highest BCUT2D eigenvalue weighted by atomic mass is 19.1. The molecule has 104 valence electrons. The van der Waals surface area contributed by atoms with Crippen LogP contribution in [0.4, 0.5) is 10.1 Å². The third kappa shape index (κ3) is 2.69. The van der Waals surface area contributed by atoms with Crippen molar-refractivity contribution in [2.45, 2.75) is 12.2 Å². The van der Waals surface area contributed by atoms with Crippen LogP contribution >= 0.6 is 0 Å². The first kappa shape index (κ1) is 13.8. The normalized spacial score (nSPS) is 22.8. The standard InChI is InChI=1S/C13H17FN2O3/c1-18-11-6-16(7-12(11)19-2)13(17)8-3-4-10(15)9(14)5-8/h3-5,11-12H,6-7,15H2,1-2H3. The Balaban J connectivity index is 2.14. The summed E-state index contributed by atoms with van der Waals surface area (Å²) in [5, 5.41) is 0. The van der Waals surface area contributed by atoms with E-state index in [4.69, 9.17) is 15.2 Å². The van der Waals surface area contributed by atoms with Crippen LogP contribution in [0.3, 0.4) is 0 Å². The summed E-state index contributed by atoms with van der Waals surface area (Å²) < 4.78 is 23.9. The predicted octanol–water partition coefficient (Wildman–Crippen LogP) is 0.894. The summed E-state index contributed by atoms with van der Waals surface area (Å²) in [7, 11) is 3.15. The summed E-state index contributed by atoms with van der Waals surface area (Å²) in [5.41, 5.74) is 5.70. The maximum atomic E-state index is 13.4. The number of hydrogen-bond acceptors (Lipinski definition) is 4. The molecule has 0 spiro atoms. The number of carbonyl (C=O) groups excluding carboxylic acids is 1. The number of nitrogens with two attached hydrogens (primary N) is 1. The summed E-state index contributed by atoms with van der Waals surface area (Å²) in [4.78, 5) is 13.8. The van der Waals surface area contributed by atoms with Gasteiger partial charge < -0.3 is 20.1 Å². The van der Waals surface area contributed by atoms with Gasteiger partial charge in [-0.2, -0.15) is 0 Å². The van der Waals surface area contributed by atoms with E-state index in [1.54, 1.807) is 19.1 Å². The first-order chi connectivity index (χ1) is 9.06. The Labute approximate surface area is 111 Å². The van der Waals surface area contributed by atoms with E-state index in [2.05, 4.69) is 0 Å². The zero-order chi connectivity index (χ0) is 14.0. The highest BCUT2D eigenvalue weighted by molar-refractivity contribution is 5.94. The zero-order valence-corrected chi connectivity index (χ0v) is 10.9. The van der Waals surface area contributed by atoms with E-state index in [1.807, 2.05) is 0 Å². The van der Waals surface area contributed by atoms with Gasteiger partial charge in [-0.1, -0.05) is 0 Å². The van der Waals surface area contributed by atoms with Gasteiger partial charge in [-0.25, -0.2) is 4.39 Å². The smallest absolute Gasteiger partial charge is 0.254 e. The Kier molecular flexibility index (Phi) is 4.01. The van der Waals surface area contributed by atoms with Crippen molar-refractivity contribution in [3.63, 3.8) is 0 Å². The van der Waals surface area contributed by atoms with Crippen LogP contribution in [-0.2, 0) is 9.47 Å². The fourth-order valence-electron chi connectivity index (χ4n) is 2.21. The molecule has 1 saturated heterocycles. The number of amides is 1. The summed E-state index contributed by atoms with van der Waals surface area (Å²) in [6.07, 6.45) is -0.319. The number of carbonyl (C=O) groups is 1. The molecular formula is C13H17FN2O3. The summed E-state index contributed by atoms with van der Waals surface area (Å²) in [6, 6.07) is 4.06. The lowest BCUT2D eigenvalue weighted by atomic mass is 10.2. The number of benzene rings is 1. The number of nitrogen functional groups attached to an aromatic ring is 1. The molecule has 0 saturated carbocycles. The number of anilines is 1. The fraction of sp³-hybridized carbons (Fsp3) is 0.462. The summed E-state index contributed by atoms with van der Waals surface area (Å²) in [5.74, 6) is -0.836. The van der Waals surface area contributed by atoms with E-state index in [1.165, 1.54) is 12.1 Å². The monoisotopic (exact) mass is 268 g/mol. The molecule has 2 unspecified atom stereocenters. The molecule has 2 N–H and O–H groups in total. The minimum atomic E-state index is -0.586. The Hall–Kier alpha value is -1.66. The van der Waals surface area contributed by atoms with Crippen LogP contribution in [0.25, 0.3) is 0 Å². The second-order valence-corrected chi connectivity index (χ2v) is 4.49. The molecule has 1 aliphatic rings. The molecule has 1 heterocycles. The van der Waals surface area contributed by atoms with E-state index < -0.39 is 5.82 Å². The molecule has 0 bridgehead atoms. The van der Waals surface area contributed by atoms with Gasteiger partial charge in [0.05, 0.1) is 5.69 Å². The van der Waals surface area contributed by atoms with Gasteiger partial charge in [0.1, 0.15) is 18.0 Å². The topological polar surface area (TPSA) is 64.8 Å². The van der Waals surface area contributed by atoms with Gasteiger partial charge in [0.2, 0.25) is 0 Å². The lowest BCUT2D eigenvalue weighted by Gasteiger charge is -2.16. The van der Waals surface area contributed by atoms with Crippen LogP contribution in [0.2, 0.25) is 0 Å². The third-order valence-corrected chi connectivity index (χ3v) is 3.36. The van der Waals surface area contributed by atoms with Crippen molar-refractivity contribution in [2.75, 3.05) is 33.0 Å². The molecule has 19 heavy (non-hydrogen) atoms. The fourth-order valence-corrected chi connectivity index (χ4v) is 2.21. The molecule has 0 aliphatic carbocycles. The minimum absolute atomic E-state index is 0.0301. The summed E-state index contributed by atoms with van der Waals surface area (Å²) in [6.45, 7) is 0.861. The molecule has 2 rings (SSSR count). The number of likely N-dealkylation sites (tertiary alicyclic amines) is 1. The Morgan fingerprint density at radius 1 is 1.32 bits per heavy atom. The van der Waals surface area contributed by atoms with Crippen LogP contribution in [0, 0.1) is 5.82 Å². The van der Waals surface area contributed by atoms with Crippen molar-refractivity contribution >= 4 is 11.6 Å². The average Bonchev–Trinajstić information content (AvgIpc) is 2.84. The van der Waals surface area contributed by atoms with Crippen LogP contribution in [-0.4, -0.2) is 50.3 Å².